The molecule has 0 aromatic carbocycles. The molecule has 2 fully saturated rings. The first-order valence-electron chi connectivity index (χ1n) is 5.31. The second-order valence-electron chi connectivity index (χ2n) is 4.51. The molecule has 0 aromatic rings. The van der Waals surface area contributed by atoms with Gasteiger partial charge in [0.15, 0.2) is 0 Å². The van der Waals surface area contributed by atoms with Crippen molar-refractivity contribution in [3.05, 3.63) is 0 Å². The van der Waals surface area contributed by atoms with Crippen LogP contribution >= 0.6 is 0 Å². The fourth-order valence-corrected chi connectivity index (χ4v) is 1.98. The van der Waals surface area contributed by atoms with E-state index in [4.69, 9.17) is 0 Å². The van der Waals surface area contributed by atoms with Gasteiger partial charge < -0.3 is 10.6 Å². The lowest BCUT2D eigenvalue weighted by Crippen LogP contribution is -2.41. The van der Waals surface area contributed by atoms with Crippen LogP contribution in [0.4, 0.5) is 4.79 Å². The van der Waals surface area contributed by atoms with Crippen LogP contribution in [0.15, 0.2) is 0 Å². The van der Waals surface area contributed by atoms with E-state index in [0.29, 0.717) is 12.1 Å². The number of amides is 2. The quantitative estimate of drug-likeness (QED) is 0.669. The van der Waals surface area contributed by atoms with E-state index >= 15 is 0 Å². The average molecular weight is 182 g/mol. The van der Waals surface area contributed by atoms with E-state index in [1.165, 1.54) is 6.42 Å². The van der Waals surface area contributed by atoms with Gasteiger partial charge in [-0.3, -0.25) is 0 Å². The summed E-state index contributed by atoms with van der Waals surface area (Å²) in [5, 5.41) is 5.98. The van der Waals surface area contributed by atoms with E-state index in [0.717, 1.165) is 31.6 Å². The molecule has 2 atom stereocenters. The van der Waals surface area contributed by atoms with Crippen molar-refractivity contribution in [3.8, 4) is 0 Å². The Bertz CT molecular complexity index is 201. The topological polar surface area (TPSA) is 41.1 Å². The van der Waals surface area contributed by atoms with Crippen LogP contribution in [0.1, 0.15) is 39.0 Å². The lowest BCUT2D eigenvalue weighted by molar-refractivity contribution is 0.236. The number of hydrogen-bond acceptors (Lipinski definition) is 1. The molecule has 2 unspecified atom stereocenters. The van der Waals surface area contributed by atoms with Crippen molar-refractivity contribution < 1.29 is 4.79 Å². The summed E-state index contributed by atoms with van der Waals surface area (Å²) in [4.78, 5) is 11.3. The predicted octanol–water partition coefficient (Wildman–Crippen LogP) is 1.64. The summed E-state index contributed by atoms with van der Waals surface area (Å²) in [5.41, 5.74) is 0. The lowest BCUT2D eigenvalue weighted by atomic mass is 10.1. The van der Waals surface area contributed by atoms with Gasteiger partial charge in [0.2, 0.25) is 0 Å². The monoisotopic (exact) mass is 182 g/mol. The van der Waals surface area contributed by atoms with Crippen molar-refractivity contribution in [1.29, 1.82) is 0 Å². The van der Waals surface area contributed by atoms with Gasteiger partial charge in [-0.25, -0.2) is 4.79 Å². The van der Waals surface area contributed by atoms with Crippen LogP contribution in [0.2, 0.25) is 0 Å². The first-order chi connectivity index (χ1) is 6.24. The Labute approximate surface area is 79.3 Å². The molecular formula is C10H18N2O. The summed E-state index contributed by atoms with van der Waals surface area (Å²) in [7, 11) is 0. The number of carbonyl (C=O) groups excluding carboxylic acids is 1. The normalized spacial score (nSPS) is 33.0. The van der Waals surface area contributed by atoms with E-state index in [1.54, 1.807) is 0 Å². The van der Waals surface area contributed by atoms with Crippen LogP contribution in [-0.4, -0.2) is 18.1 Å². The van der Waals surface area contributed by atoms with Gasteiger partial charge in [-0.2, -0.15) is 0 Å². The smallest absolute Gasteiger partial charge is 0.315 e. The Morgan fingerprint density at radius 2 is 1.69 bits per heavy atom. The van der Waals surface area contributed by atoms with Crippen LogP contribution < -0.4 is 10.6 Å². The van der Waals surface area contributed by atoms with E-state index in [2.05, 4.69) is 17.6 Å². The van der Waals surface area contributed by atoms with Crippen LogP contribution in [-0.2, 0) is 0 Å². The highest BCUT2D eigenvalue weighted by atomic mass is 16.2. The first-order valence-corrected chi connectivity index (χ1v) is 5.31. The number of urea groups is 1. The lowest BCUT2D eigenvalue weighted by Gasteiger charge is -2.12. The first kappa shape index (κ1) is 8.85. The van der Waals surface area contributed by atoms with Crippen LogP contribution in [0, 0.1) is 5.92 Å². The van der Waals surface area contributed by atoms with Crippen LogP contribution in [0.25, 0.3) is 0 Å². The highest BCUT2D eigenvalue weighted by Crippen LogP contribution is 2.24. The molecule has 0 spiro atoms. The van der Waals surface area contributed by atoms with Gasteiger partial charge in [0.25, 0.3) is 0 Å². The van der Waals surface area contributed by atoms with Crippen molar-refractivity contribution in [2.45, 2.75) is 51.1 Å². The maximum absolute atomic E-state index is 11.3. The standard InChI is InChI=1S/C10H18N2O/c1-7-2-3-9(6-7)12-10(13)11-8-4-5-8/h7-9H,2-6H2,1H3,(H2,11,12,13). The van der Waals surface area contributed by atoms with Gasteiger partial charge in [-0.05, 0) is 38.0 Å². The number of rotatable bonds is 2. The summed E-state index contributed by atoms with van der Waals surface area (Å²) >= 11 is 0. The Hall–Kier alpha value is -0.730. The summed E-state index contributed by atoms with van der Waals surface area (Å²) < 4.78 is 0. The molecule has 2 saturated carbocycles. The Morgan fingerprint density at radius 1 is 1.08 bits per heavy atom. The van der Waals surface area contributed by atoms with E-state index in [1.807, 2.05) is 0 Å². The number of nitrogens with one attached hydrogen (secondary N) is 2. The van der Waals surface area contributed by atoms with Gasteiger partial charge in [-0.1, -0.05) is 6.92 Å². The maximum atomic E-state index is 11.3. The molecule has 74 valence electrons. The zero-order chi connectivity index (χ0) is 9.26. The van der Waals surface area contributed by atoms with Gasteiger partial charge in [0.05, 0.1) is 0 Å². The summed E-state index contributed by atoms with van der Waals surface area (Å²) in [5.74, 6) is 0.784. The summed E-state index contributed by atoms with van der Waals surface area (Å²) in [6.07, 6.45) is 5.88. The van der Waals surface area contributed by atoms with Gasteiger partial charge >= 0.3 is 6.03 Å². The van der Waals surface area contributed by atoms with Crippen LogP contribution in [0.3, 0.4) is 0 Å². The average Bonchev–Trinajstić information content (AvgIpc) is 2.76. The molecule has 3 heteroatoms. The molecule has 2 amide bonds. The molecule has 2 rings (SSSR count). The van der Waals surface area contributed by atoms with E-state index < -0.39 is 0 Å². The zero-order valence-corrected chi connectivity index (χ0v) is 8.18. The van der Waals surface area contributed by atoms with Gasteiger partial charge in [-0.15, -0.1) is 0 Å². The maximum Gasteiger partial charge on any atom is 0.315 e. The van der Waals surface area contributed by atoms with Gasteiger partial charge in [0.1, 0.15) is 0 Å². The number of hydrogen-bond donors (Lipinski definition) is 2. The minimum absolute atomic E-state index is 0.0431. The molecule has 0 saturated heterocycles. The van der Waals surface area contributed by atoms with Crippen molar-refractivity contribution in [2.75, 3.05) is 0 Å². The highest BCUT2D eigenvalue weighted by molar-refractivity contribution is 5.74. The SMILES string of the molecule is CC1CCC(NC(=O)NC2CC2)C1. The van der Waals surface area contributed by atoms with E-state index in [-0.39, 0.29) is 6.03 Å². The Balaban J connectivity index is 1.67. The molecule has 3 nitrogen and oxygen atoms in total. The fourth-order valence-electron chi connectivity index (χ4n) is 1.98. The summed E-state index contributed by atoms with van der Waals surface area (Å²) in [6, 6.07) is 0.939. The third kappa shape index (κ3) is 2.61. The summed E-state index contributed by atoms with van der Waals surface area (Å²) in [6.45, 7) is 2.25. The highest BCUT2D eigenvalue weighted by Gasteiger charge is 2.26. The number of carbonyl (C=O) groups is 1. The Kier molecular flexibility index (Phi) is 2.42. The molecule has 2 aliphatic carbocycles. The van der Waals surface area contributed by atoms with Crippen molar-refractivity contribution in [2.24, 2.45) is 5.92 Å². The van der Waals surface area contributed by atoms with Crippen molar-refractivity contribution >= 4 is 6.03 Å². The molecule has 2 aliphatic rings. The molecule has 0 heterocycles. The largest absolute Gasteiger partial charge is 0.335 e. The fraction of sp³-hybridized carbons (Fsp3) is 0.900. The zero-order valence-electron chi connectivity index (χ0n) is 8.18. The van der Waals surface area contributed by atoms with Crippen LogP contribution in [0.5, 0.6) is 0 Å². The second kappa shape index (κ2) is 3.56. The minimum atomic E-state index is 0.0431. The molecule has 0 radical (unpaired) electrons. The molecule has 0 bridgehead atoms. The molecule has 2 N–H and O–H groups in total. The van der Waals surface area contributed by atoms with Gasteiger partial charge in [0, 0.05) is 12.1 Å². The van der Waals surface area contributed by atoms with Crippen molar-refractivity contribution in [3.63, 3.8) is 0 Å². The van der Waals surface area contributed by atoms with Crippen molar-refractivity contribution in [1.82, 2.24) is 10.6 Å². The third-order valence-electron chi connectivity index (χ3n) is 2.94. The third-order valence-corrected chi connectivity index (χ3v) is 2.94. The molecule has 13 heavy (non-hydrogen) atoms. The predicted molar refractivity (Wildman–Crippen MR) is 51.5 cm³/mol. The minimum Gasteiger partial charge on any atom is -0.335 e. The second-order valence-corrected chi connectivity index (χ2v) is 4.51. The van der Waals surface area contributed by atoms with E-state index in [9.17, 15) is 4.79 Å². The molecular weight excluding hydrogens is 164 g/mol. The molecule has 0 aliphatic heterocycles. The molecule has 0 aromatic heterocycles. The Morgan fingerprint density at radius 3 is 2.23 bits per heavy atom.